The van der Waals surface area contributed by atoms with Gasteiger partial charge in [-0.3, -0.25) is 15.0 Å². The van der Waals surface area contributed by atoms with E-state index in [1.807, 2.05) is 29.7 Å². The van der Waals surface area contributed by atoms with E-state index in [2.05, 4.69) is 0 Å². The smallest absolute Gasteiger partial charge is 0.300 e. The Bertz CT molecular complexity index is 864. The van der Waals surface area contributed by atoms with E-state index < -0.39 is 5.91 Å². The predicted molar refractivity (Wildman–Crippen MR) is 77.7 cm³/mol. The molecule has 0 aliphatic carbocycles. The molecule has 0 fully saturated rings. The number of benzene rings is 1. The molecular formula is C15H13N3O3. The number of nitrogen functional groups attached to an aromatic ring is 1. The Kier molecular flexibility index (Phi) is 3.29. The van der Waals surface area contributed by atoms with Gasteiger partial charge in [0, 0.05) is 11.6 Å². The zero-order valence-corrected chi connectivity index (χ0v) is 11.1. The summed E-state index contributed by atoms with van der Waals surface area (Å²) in [4.78, 5) is 23.7. The van der Waals surface area contributed by atoms with Crippen LogP contribution in [0.3, 0.4) is 0 Å². The van der Waals surface area contributed by atoms with Gasteiger partial charge in [-0.2, -0.15) is 0 Å². The van der Waals surface area contributed by atoms with Crippen molar-refractivity contribution in [3.63, 3.8) is 0 Å². The number of furan rings is 1. The fraction of sp³-hybridized carbons (Fsp3) is 0.0667. The molecule has 0 saturated carbocycles. The van der Waals surface area contributed by atoms with Crippen LogP contribution in [-0.2, 0) is 6.54 Å². The minimum atomic E-state index is -0.507. The van der Waals surface area contributed by atoms with Gasteiger partial charge in [-0.15, -0.1) is 0 Å². The van der Waals surface area contributed by atoms with Crippen LogP contribution in [0.1, 0.15) is 16.3 Å². The molecule has 2 aromatic heterocycles. The van der Waals surface area contributed by atoms with Crippen molar-refractivity contribution in [2.24, 2.45) is 5.84 Å². The number of hydrazine groups is 1. The van der Waals surface area contributed by atoms with Crippen LogP contribution < -0.4 is 16.8 Å². The van der Waals surface area contributed by atoms with E-state index in [4.69, 9.17) is 10.3 Å². The average Bonchev–Trinajstić information content (AvgIpc) is 2.98. The Hall–Kier alpha value is -2.86. The number of hydrogen-bond acceptors (Lipinski definition) is 4. The highest BCUT2D eigenvalue weighted by Crippen LogP contribution is 2.11. The van der Waals surface area contributed by atoms with Crippen LogP contribution in [0.2, 0.25) is 0 Å². The molecule has 1 aromatic carbocycles. The van der Waals surface area contributed by atoms with E-state index in [0.29, 0.717) is 11.1 Å². The largest absolute Gasteiger partial charge is 0.454 e. The summed E-state index contributed by atoms with van der Waals surface area (Å²) in [6.07, 6.45) is 1.70. The minimum absolute atomic E-state index is 0.102. The van der Waals surface area contributed by atoms with Crippen molar-refractivity contribution in [1.82, 2.24) is 9.99 Å². The first-order valence-corrected chi connectivity index (χ1v) is 6.37. The van der Waals surface area contributed by atoms with Crippen LogP contribution in [0.15, 0.2) is 57.9 Å². The van der Waals surface area contributed by atoms with Gasteiger partial charge in [0.1, 0.15) is 5.76 Å². The monoisotopic (exact) mass is 283 g/mol. The highest BCUT2D eigenvalue weighted by Gasteiger charge is 2.10. The van der Waals surface area contributed by atoms with Crippen molar-refractivity contribution in [3.05, 3.63) is 70.5 Å². The molecule has 2 heterocycles. The minimum Gasteiger partial charge on any atom is -0.454 e. The molecule has 0 atom stereocenters. The van der Waals surface area contributed by atoms with Gasteiger partial charge in [0.15, 0.2) is 5.76 Å². The summed E-state index contributed by atoms with van der Waals surface area (Å²) in [6, 6.07) is 12.4. The highest BCUT2D eigenvalue weighted by molar-refractivity contribution is 5.90. The number of nitrogens with zero attached hydrogens (tertiary/aromatic N) is 1. The van der Waals surface area contributed by atoms with Crippen LogP contribution in [-0.4, -0.2) is 10.5 Å². The molecule has 3 aromatic rings. The number of hydrogen-bond donors (Lipinski definition) is 2. The van der Waals surface area contributed by atoms with Crippen molar-refractivity contribution in [2.75, 3.05) is 0 Å². The van der Waals surface area contributed by atoms with E-state index in [9.17, 15) is 9.59 Å². The maximum atomic E-state index is 12.4. The van der Waals surface area contributed by atoms with Crippen molar-refractivity contribution < 1.29 is 9.21 Å². The number of rotatable bonds is 3. The summed E-state index contributed by atoms with van der Waals surface area (Å²) in [7, 11) is 0. The number of fused-ring (bicyclic) bond motifs is 1. The molecule has 0 unspecified atom stereocenters. The fourth-order valence-electron chi connectivity index (χ4n) is 2.18. The van der Waals surface area contributed by atoms with E-state index in [0.717, 1.165) is 5.39 Å². The summed E-state index contributed by atoms with van der Waals surface area (Å²) in [6.45, 7) is 0.252. The standard InChI is InChI=1S/C15H13N3O3/c16-17-14(19)13-6-5-11(21-13)9-18-8-7-10-3-1-2-4-12(10)15(18)20/h1-8H,9,16H2,(H,17,19). The third-order valence-electron chi connectivity index (χ3n) is 3.23. The maximum absolute atomic E-state index is 12.4. The third kappa shape index (κ3) is 2.44. The first-order chi connectivity index (χ1) is 10.2. The van der Waals surface area contributed by atoms with Gasteiger partial charge in [-0.05, 0) is 29.7 Å². The second kappa shape index (κ2) is 5.26. The SMILES string of the molecule is NNC(=O)c1ccc(Cn2ccc3ccccc3c2=O)o1. The van der Waals surface area contributed by atoms with Crippen LogP contribution in [0.4, 0.5) is 0 Å². The summed E-state index contributed by atoms with van der Waals surface area (Å²) in [5.41, 5.74) is 1.89. The lowest BCUT2D eigenvalue weighted by Gasteiger charge is -2.05. The molecule has 6 heteroatoms. The summed E-state index contributed by atoms with van der Waals surface area (Å²) >= 11 is 0. The number of aromatic nitrogens is 1. The number of nitrogens with one attached hydrogen (secondary N) is 1. The van der Waals surface area contributed by atoms with Crippen molar-refractivity contribution in [1.29, 1.82) is 0 Å². The van der Waals surface area contributed by atoms with Gasteiger partial charge in [-0.1, -0.05) is 18.2 Å². The molecule has 3 N–H and O–H groups in total. The molecule has 0 saturated heterocycles. The Morgan fingerprint density at radius 2 is 2.00 bits per heavy atom. The second-order valence-electron chi connectivity index (χ2n) is 4.58. The van der Waals surface area contributed by atoms with E-state index in [1.165, 1.54) is 10.6 Å². The van der Waals surface area contributed by atoms with Gasteiger partial charge in [0.05, 0.1) is 6.54 Å². The normalized spacial score (nSPS) is 10.7. The Labute approximate surface area is 119 Å². The molecule has 106 valence electrons. The summed E-state index contributed by atoms with van der Waals surface area (Å²) in [5, 5.41) is 1.54. The third-order valence-corrected chi connectivity index (χ3v) is 3.23. The number of amides is 1. The van der Waals surface area contributed by atoms with Crippen LogP contribution in [0.25, 0.3) is 10.8 Å². The van der Waals surface area contributed by atoms with E-state index in [-0.39, 0.29) is 17.9 Å². The second-order valence-corrected chi connectivity index (χ2v) is 4.58. The van der Waals surface area contributed by atoms with Gasteiger partial charge in [0.25, 0.3) is 5.56 Å². The number of pyridine rings is 1. The summed E-state index contributed by atoms with van der Waals surface area (Å²) in [5.74, 6) is 5.15. The number of carbonyl (C=O) groups is 1. The Morgan fingerprint density at radius 3 is 2.81 bits per heavy atom. The lowest BCUT2D eigenvalue weighted by molar-refractivity contribution is 0.0924. The van der Waals surface area contributed by atoms with Gasteiger partial charge in [0.2, 0.25) is 0 Å². The van der Waals surface area contributed by atoms with Crippen LogP contribution in [0.5, 0.6) is 0 Å². The molecule has 1 amide bonds. The predicted octanol–water partition coefficient (Wildman–Crippen LogP) is 1.25. The average molecular weight is 283 g/mol. The van der Waals surface area contributed by atoms with E-state index >= 15 is 0 Å². The molecule has 0 bridgehead atoms. The maximum Gasteiger partial charge on any atom is 0.300 e. The first kappa shape index (κ1) is 13.1. The lowest BCUT2D eigenvalue weighted by Crippen LogP contribution is -2.29. The molecular weight excluding hydrogens is 270 g/mol. The van der Waals surface area contributed by atoms with Crippen molar-refractivity contribution >= 4 is 16.7 Å². The highest BCUT2D eigenvalue weighted by atomic mass is 16.4. The van der Waals surface area contributed by atoms with Crippen molar-refractivity contribution in [3.8, 4) is 0 Å². The first-order valence-electron chi connectivity index (χ1n) is 6.37. The molecule has 0 spiro atoms. The zero-order chi connectivity index (χ0) is 14.8. The molecule has 6 nitrogen and oxygen atoms in total. The number of nitrogens with two attached hydrogens (primary N) is 1. The number of carbonyl (C=O) groups excluding carboxylic acids is 1. The van der Waals surface area contributed by atoms with Gasteiger partial charge >= 0.3 is 5.91 Å². The molecule has 0 radical (unpaired) electrons. The quantitative estimate of drug-likeness (QED) is 0.430. The fourth-order valence-corrected chi connectivity index (χ4v) is 2.18. The Morgan fingerprint density at radius 1 is 1.19 bits per heavy atom. The topological polar surface area (TPSA) is 90.3 Å². The molecule has 21 heavy (non-hydrogen) atoms. The van der Waals surface area contributed by atoms with Gasteiger partial charge < -0.3 is 8.98 Å². The molecule has 3 rings (SSSR count). The molecule has 0 aliphatic rings. The summed E-state index contributed by atoms with van der Waals surface area (Å²) < 4.78 is 6.89. The molecule has 0 aliphatic heterocycles. The van der Waals surface area contributed by atoms with E-state index in [1.54, 1.807) is 18.3 Å². The zero-order valence-electron chi connectivity index (χ0n) is 11.1. The van der Waals surface area contributed by atoms with Crippen LogP contribution in [0, 0.1) is 0 Å². The Balaban J connectivity index is 1.95. The van der Waals surface area contributed by atoms with Gasteiger partial charge in [-0.25, -0.2) is 5.84 Å². The lowest BCUT2D eigenvalue weighted by atomic mass is 10.2. The van der Waals surface area contributed by atoms with Crippen molar-refractivity contribution in [2.45, 2.75) is 6.54 Å². The van der Waals surface area contributed by atoms with Crippen LogP contribution >= 0.6 is 0 Å².